The Morgan fingerprint density at radius 2 is 1.74 bits per heavy atom. The summed E-state index contributed by atoms with van der Waals surface area (Å²) in [7, 11) is 1.56. The van der Waals surface area contributed by atoms with Crippen LogP contribution in [0, 0.1) is 0 Å². The van der Waals surface area contributed by atoms with E-state index in [1.807, 2.05) is 18.2 Å². The standard InChI is InChI=1S/C26H26N6O2/c1-27-25(33)24-16-22(11-12-28-24)34-21-9-10-23-18(15-21)17-29-26(31-23)30-19-5-7-20(8-6-19)32-13-3-2-4-14-32/h5-12,15-17H,2-4,13-14H2,1H3,(H,27,33)(H,29,30,31). The third-order valence-electron chi connectivity index (χ3n) is 5.82. The zero-order valence-corrected chi connectivity index (χ0v) is 19.0. The number of piperidine rings is 1. The Morgan fingerprint density at radius 3 is 2.53 bits per heavy atom. The minimum Gasteiger partial charge on any atom is -0.457 e. The van der Waals surface area contributed by atoms with Gasteiger partial charge in [-0.05, 0) is 67.8 Å². The number of hydrogen-bond donors (Lipinski definition) is 2. The number of pyridine rings is 1. The van der Waals surface area contributed by atoms with Gasteiger partial charge in [0.15, 0.2) is 0 Å². The van der Waals surface area contributed by atoms with Crippen LogP contribution < -0.4 is 20.3 Å². The molecule has 8 nitrogen and oxygen atoms in total. The molecular formula is C26H26N6O2. The second kappa shape index (κ2) is 9.74. The molecule has 0 spiro atoms. The number of ether oxygens (including phenoxy) is 1. The normalized spacial score (nSPS) is 13.5. The minimum absolute atomic E-state index is 0.265. The maximum absolute atomic E-state index is 11.8. The van der Waals surface area contributed by atoms with Crippen molar-refractivity contribution in [2.45, 2.75) is 19.3 Å². The molecule has 0 bridgehead atoms. The first kappa shape index (κ1) is 21.6. The lowest BCUT2D eigenvalue weighted by Crippen LogP contribution is -2.29. The van der Waals surface area contributed by atoms with Crippen LogP contribution in [0.4, 0.5) is 17.3 Å². The Balaban J connectivity index is 1.28. The average Bonchev–Trinajstić information content (AvgIpc) is 2.89. The number of hydrogen-bond acceptors (Lipinski definition) is 7. The number of benzene rings is 2. The van der Waals surface area contributed by atoms with E-state index in [1.165, 1.54) is 24.9 Å². The molecule has 1 saturated heterocycles. The largest absolute Gasteiger partial charge is 0.457 e. The second-order valence-corrected chi connectivity index (χ2v) is 8.19. The number of nitrogens with one attached hydrogen (secondary N) is 2. The van der Waals surface area contributed by atoms with Crippen LogP contribution in [0.25, 0.3) is 10.9 Å². The van der Waals surface area contributed by atoms with Gasteiger partial charge in [0.2, 0.25) is 5.95 Å². The number of carbonyl (C=O) groups is 1. The number of nitrogens with zero attached hydrogens (tertiary/aromatic N) is 4. The van der Waals surface area contributed by atoms with Crippen LogP contribution in [-0.4, -0.2) is 41.0 Å². The van der Waals surface area contributed by atoms with E-state index in [0.717, 1.165) is 29.7 Å². The Morgan fingerprint density at radius 1 is 0.941 bits per heavy atom. The van der Waals surface area contributed by atoms with Crippen molar-refractivity contribution in [1.29, 1.82) is 0 Å². The average molecular weight is 455 g/mol. The lowest BCUT2D eigenvalue weighted by Gasteiger charge is -2.28. The highest BCUT2D eigenvalue weighted by Gasteiger charge is 2.11. The van der Waals surface area contributed by atoms with Crippen molar-refractivity contribution < 1.29 is 9.53 Å². The van der Waals surface area contributed by atoms with Gasteiger partial charge in [0.1, 0.15) is 17.2 Å². The van der Waals surface area contributed by atoms with E-state index in [0.29, 0.717) is 23.1 Å². The first-order valence-corrected chi connectivity index (χ1v) is 11.4. The van der Waals surface area contributed by atoms with Crippen molar-refractivity contribution >= 4 is 34.1 Å². The molecule has 4 aromatic rings. The predicted octanol–water partition coefficient (Wildman–Crippen LogP) is 4.91. The maximum atomic E-state index is 11.8. The Labute approximate surface area is 198 Å². The molecule has 1 aliphatic rings. The van der Waals surface area contributed by atoms with Crippen LogP contribution in [-0.2, 0) is 0 Å². The summed E-state index contributed by atoms with van der Waals surface area (Å²) < 4.78 is 5.91. The molecule has 1 fully saturated rings. The molecule has 2 aromatic heterocycles. The van der Waals surface area contributed by atoms with Crippen molar-refractivity contribution in [2.24, 2.45) is 0 Å². The minimum atomic E-state index is -0.265. The zero-order chi connectivity index (χ0) is 23.3. The van der Waals surface area contributed by atoms with Crippen LogP contribution in [0.3, 0.4) is 0 Å². The van der Waals surface area contributed by atoms with Crippen molar-refractivity contribution in [3.63, 3.8) is 0 Å². The molecule has 5 rings (SSSR count). The highest BCUT2D eigenvalue weighted by molar-refractivity contribution is 5.92. The number of aromatic nitrogens is 3. The monoisotopic (exact) mass is 454 g/mol. The van der Waals surface area contributed by atoms with Crippen molar-refractivity contribution in [3.05, 3.63) is 72.7 Å². The highest BCUT2D eigenvalue weighted by Crippen LogP contribution is 2.27. The van der Waals surface area contributed by atoms with Crippen LogP contribution >= 0.6 is 0 Å². The van der Waals surface area contributed by atoms with E-state index in [1.54, 1.807) is 31.6 Å². The lowest BCUT2D eigenvalue weighted by molar-refractivity contribution is 0.0958. The van der Waals surface area contributed by atoms with Gasteiger partial charge in [-0.1, -0.05) is 0 Å². The topological polar surface area (TPSA) is 92.3 Å². The van der Waals surface area contributed by atoms with E-state index in [-0.39, 0.29) is 5.91 Å². The molecule has 2 N–H and O–H groups in total. The van der Waals surface area contributed by atoms with Crippen LogP contribution in [0.1, 0.15) is 29.8 Å². The molecular weight excluding hydrogens is 428 g/mol. The van der Waals surface area contributed by atoms with Crippen molar-refractivity contribution in [3.8, 4) is 11.5 Å². The summed E-state index contributed by atoms with van der Waals surface area (Å²) in [5.74, 6) is 1.43. The maximum Gasteiger partial charge on any atom is 0.269 e. The Hall–Kier alpha value is -4.20. The Bertz CT molecular complexity index is 1300. The quantitative estimate of drug-likeness (QED) is 0.428. The van der Waals surface area contributed by atoms with Gasteiger partial charge in [-0.3, -0.25) is 9.78 Å². The molecule has 0 unspecified atom stereocenters. The molecule has 34 heavy (non-hydrogen) atoms. The highest BCUT2D eigenvalue weighted by atomic mass is 16.5. The molecule has 3 heterocycles. The lowest BCUT2D eigenvalue weighted by atomic mass is 10.1. The van der Waals surface area contributed by atoms with Crippen molar-refractivity contribution in [1.82, 2.24) is 20.3 Å². The summed E-state index contributed by atoms with van der Waals surface area (Å²) >= 11 is 0. The fraction of sp³-hybridized carbons (Fsp3) is 0.231. The van der Waals surface area contributed by atoms with Crippen LogP contribution in [0.5, 0.6) is 11.5 Å². The Kier molecular flexibility index (Phi) is 6.20. The molecule has 0 radical (unpaired) electrons. The predicted molar refractivity (Wildman–Crippen MR) is 133 cm³/mol. The van der Waals surface area contributed by atoms with Gasteiger partial charge < -0.3 is 20.3 Å². The summed E-state index contributed by atoms with van der Waals surface area (Å²) in [5.41, 5.74) is 3.30. The number of carbonyl (C=O) groups excluding carboxylic acids is 1. The first-order chi connectivity index (χ1) is 16.7. The van der Waals surface area contributed by atoms with E-state index in [4.69, 9.17) is 4.74 Å². The van der Waals surface area contributed by atoms with Crippen LogP contribution in [0.2, 0.25) is 0 Å². The SMILES string of the molecule is CNC(=O)c1cc(Oc2ccc3nc(Nc4ccc(N5CCCCC5)cc4)ncc3c2)ccn1. The molecule has 8 heteroatoms. The van der Waals surface area contributed by atoms with Gasteiger partial charge in [0.25, 0.3) is 5.91 Å². The third-order valence-corrected chi connectivity index (χ3v) is 5.82. The molecule has 1 aliphatic heterocycles. The van der Waals surface area contributed by atoms with Gasteiger partial charge in [-0.25, -0.2) is 9.97 Å². The summed E-state index contributed by atoms with van der Waals surface area (Å²) in [6.07, 6.45) is 7.16. The van der Waals surface area contributed by atoms with E-state index in [9.17, 15) is 4.79 Å². The van der Waals surface area contributed by atoms with Gasteiger partial charge in [0, 0.05) is 55.4 Å². The molecule has 1 amide bonds. The van der Waals surface area contributed by atoms with Gasteiger partial charge >= 0.3 is 0 Å². The van der Waals surface area contributed by atoms with E-state index >= 15 is 0 Å². The molecule has 0 atom stereocenters. The molecule has 0 saturated carbocycles. The van der Waals surface area contributed by atoms with Gasteiger partial charge in [-0.15, -0.1) is 0 Å². The van der Waals surface area contributed by atoms with Gasteiger partial charge in [0.05, 0.1) is 5.52 Å². The molecule has 172 valence electrons. The zero-order valence-electron chi connectivity index (χ0n) is 19.0. The van der Waals surface area contributed by atoms with E-state index < -0.39 is 0 Å². The number of anilines is 3. The fourth-order valence-electron chi connectivity index (χ4n) is 4.03. The summed E-state index contributed by atoms with van der Waals surface area (Å²) in [5, 5.41) is 6.69. The summed E-state index contributed by atoms with van der Waals surface area (Å²) in [4.78, 5) is 27.4. The van der Waals surface area contributed by atoms with Gasteiger partial charge in [-0.2, -0.15) is 0 Å². The summed E-state index contributed by atoms with van der Waals surface area (Å²) in [6, 6.07) is 17.3. The number of rotatable bonds is 6. The molecule has 2 aromatic carbocycles. The number of fused-ring (bicyclic) bond motifs is 1. The molecule has 0 aliphatic carbocycles. The van der Waals surface area contributed by atoms with Crippen molar-refractivity contribution in [2.75, 3.05) is 30.4 Å². The fourth-order valence-corrected chi connectivity index (χ4v) is 4.03. The van der Waals surface area contributed by atoms with Crippen LogP contribution in [0.15, 0.2) is 67.0 Å². The number of amides is 1. The summed E-state index contributed by atoms with van der Waals surface area (Å²) in [6.45, 7) is 2.26. The second-order valence-electron chi connectivity index (χ2n) is 8.19. The smallest absolute Gasteiger partial charge is 0.269 e. The third kappa shape index (κ3) is 4.91. The first-order valence-electron chi connectivity index (χ1n) is 11.4. The van der Waals surface area contributed by atoms with E-state index in [2.05, 4.69) is 54.8 Å².